The van der Waals surface area contributed by atoms with E-state index in [1.807, 2.05) is 0 Å². The number of hydrogen-bond donors (Lipinski definition) is 2. The minimum absolute atomic E-state index is 0.198. The van der Waals surface area contributed by atoms with E-state index in [0.29, 0.717) is 5.13 Å². The van der Waals surface area contributed by atoms with Crippen molar-refractivity contribution in [1.82, 2.24) is 4.98 Å². The molecule has 2 N–H and O–H groups in total. The summed E-state index contributed by atoms with van der Waals surface area (Å²) in [6.07, 6.45) is 8.93. The number of benzene rings is 1. The summed E-state index contributed by atoms with van der Waals surface area (Å²) in [5.74, 6) is 2.17. The fourth-order valence-electron chi connectivity index (χ4n) is 6.13. The van der Waals surface area contributed by atoms with Crippen molar-refractivity contribution in [2.75, 3.05) is 16.3 Å². The lowest BCUT2D eigenvalue weighted by Crippen LogP contribution is -2.48. The maximum absolute atomic E-state index is 12.8. The van der Waals surface area contributed by atoms with E-state index in [1.165, 1.54) is 49.9 Å². The Kier molecular flexibility index (Phi) is 4.47. The van der Waals surface area contributed by atoms with Crippen LogP contribution in [-0.2, 0) is 15.4 Å². The molecule has 1 aromatic carbocycles. The molecule has 4 saturated carbocycles. The molecular weight excluding hydrogens is 406 g/mol. The standard InChI is InChI=1S/C21H25N3O3S2/c1-29(26,27)24-17-5-3-2-4-16(17)19(25)23-20-22-18(12-28-20)21-9-13-6-14(10-21)8-15(7-13)11-21/h2-5,12-15,24H,6-11H2,1H3,(H,22,23,25). The lowest BCUT2D eigenvalue weighted by molar-refractivity contribution is -0.00688. The van der Waals surface area contributed by atoms with Crippen LogP contribution in [0.2, 0.25) is 0 Å². The second-order valence-electron chi connectivity index (χ2n) is 9.11. The number of nitrogens with one attached hydrogen (secondary N) is 2. The summed E-state index contributed by atoms with van der Waals surface area (Å²) < 4.78 is 25.6. The molecule has 8 heteroatoms. The molecule has 29 heavy (non-hydrogen) atoms. The summed E-state index contributed by atoms with van der Waals surface area (Å²) >= 11 is 1.46. The van der Waals surface area contributed by atoms with E-state index >= 15 is 0 Å². The van der Waals surface area contributed by atoms with E-state index in [9.17, 15) is 13.2 Å². The lowest BCUT2D eigenvalue weighted by atomic mass is 9.49. The van der Waals surface area contributed by atoms with Gasteiger partial charge in [-0.3, -0.25) is 14.8 Å². The molecule has 1 heterocycles. The number of sulfonamides is 1. The van der Waals surface area contributed by atoms with Crippen molar-refractivity contribution in [3.8, 4) is 0 Å². The molecule has 0 saturated heterocycles. The molecule has 2 aromatic rings. The zero-order chi connectivity index (χ0) is 20.2. The fourth-order valence-corrected chi connectivity index (χ4v) is 7.54. The minimum Gasteiger partial charge on any atom is -0.298 e. The second kappa shape index (κ2) is 6.80. The number of anilines is 2. The third-order valence-corrected chi connectivity index (χ3v) is 8.12. The van der Waals surface area contributed by atoms with Crippen LogP contribution in [0.15, 0.2) is 29.6 Å². The molecule has 4 bridgehead atoms. The maximum Gasteiger partial charge on any atom is 0.259 e. The van der Waals surface area contributed by atoms with E-state index in [0.717, 1.165) is 29.7 Å². The molecule has 0 spiro atoms. The van der Waals surface area contributed by atoms with Crippen molar-refractivity contribution in [2.24, 2.45) is 17.8 Å². The molecule has 1 aromatic heterocycles. The molecule has 0 aliphatic heterocycles. The SMILES string of the molecule is CS(=O)(=O)Nc1ccccc1C(=O)Nc1nc(C23CC4CC(CC(C4)C2)C3)cs1. The van der Waals surface area contributed by atoms with Crippen LogP contribution in [0.4, 0.5) is 10.8 Å². The van der Waals surface area contributed by atoms with Crippen LogP contribution >= 0.6 is 11.3 Å². The third kappa shape index (κ3) is 3.68. The maximum atomic E-state index is 12.8. The van der Waals surface area contributed by atoms with Gasteiger partial charge in [0.2, 0.25) is 10.0 Å². The van der Waals surface area contributed by atoms with Crippen molar-refractivity contribution in [3.63, 3.8) is 0 Å². The normalized spacial score (nSPS) is 30.3. The largest absolute Gasteiger partial charge is 0.298 e. The van der Waals surface area contributed by atoms with Gasteiger partial charge in [-0.2, -0.15) is 0 Å². The molecule has 0 unspecified atom stereocenters. The Morgan fingerprint density at radius 3 is 2.34 bits per heavy atom. The molecular formula is C21H25N3O3S2. The highest BCUT2D eigenvalue weighted by Gasteiger charge is 2.52. The number of aromatic nitrogens is 1. The number of nitrogens with zero attached hydrogens (tertiary/aromatic N) is 1. The minimum atomic E-state index is -3.47. The summed E-state index contributed by atoms with van der Waals surface area (Å²) in [5, 5.41) is 5.56. The number of rotatable bonds is 5. The topological polar surface area (TPSA) is 88.2 Å². The van der Waals surface area contributed by atoms with Crippen LogP contribution in [0.1, 0.15) is 54.6 Å². The van der Waals surface area contributed by atoms with Crippen molar-refractivity contribution in [2.45, 2.75) is 43.9 Å². The molecule has 1 amide bonds. The second-order valence-corrected chi connectivity index (χ2v) is 11.7. The van der Waals surface area contributed by atoms with E-state index in [1.54, 1.807) is 24.3 Å². The van der Waals surface area contributed by atoms with Gasteiger partial charge in [-0.1, -0.05) is 12.1 Å². The Hall–Kier alpha value is -1.93. The van der Waals surface area contributed by atoms with E-state index in [2.05, 4.69) is 15.4 Å². The van der Waals surface area contributed by atoms with E-state index in [4.69, 9.17) is 4.98 Å². The van der Waals surface area contributed by atoms with Gasteiger partial charge in [-0.15, -0.1) is 11.3 Å². The molecule has 6 rings (SSSR count). The highest BCUT2D eigenvalue weighted by molar-refractivity contribution is 7.92. The average molecular weight is 432 g/mol. The number of amides is 1. The number of carbonyl (C=O) groups excluding carboxylic acids is 1. The molecule has 0 atom stereocenters. The average Bonchev–Trinajstić information content (AvgIpc) is 3.09. The zero-order valence-electron chi connectivity index (χ0n) is 16.3. The van der Waals surface area contributed by atoms with Gasteiger partial charge in [0.25, 0.3) is 5.91 Å². The van der Waals surface area contributed by atoms with Crippen LogP contribution < -0.4 is 10.0 Å². The van der Waals surface area contributed by atoms with Crippen LogP contribution in [0, 0.1) is 17.8 Å². The van der Waals surface area contributed by atoms with Crippen molar-refractivity contribution < 1.29 is 13.2 Å². The van der Waals surface area contributed by atoms with Crippen LogP contribution in [0.3, 0.4) is 0 Å². The Morgan fingerprint density at radius 1 is 1.10 bits per heavy atom. The molecule has 4 aliphatic carbocycles. The van der Waals surface area contributed by atoms with Gasteiger partial charge < -0.3 is 0 Å². The highest BCUT2D eigenvalue weighted by Crippen LogP contribution is 2.60. The number of carbonyl (C=O) groups is 1. The first-order chi connectivity index (χ1) is 13.8. The molecule has 4 fully saturated rings. The van der Waals surface area contributed by atoms with Gasteiger partial charge in [0, 0.05) is 10.8 Å². The van der Waals surface area contributed by atoms with Gasteiger partial charge >= 0.3 is 0 Å². The Labute approximate surface area is 175 Å². The van der Waals surface area contributed by atoms with Gasteiger partial charge in [0.05, 0.1) is 23.2 Å². The first-order valence-corrected chi connectivity index (χ1v) is 12.9. The summed E-state index contributed by atoms with van der Waals surface area (Å²) in [4.78, 5) is 17.6. The summed E-state index contributed by atoms with van der Waals surface area (Å²) in [7, 11) is -3.47. The molecule has 6 nitrogen and oxygen atoms in total. The zero-order valence-corrected chi connectivity index (χ0v) is 18.0. The highest BCUT2D eigenvalue weighted by atomic mass is 32.2. The van der Waals surface area contributed by atoms with Gasteiger partial charge in [-0.05, 0) is 68.4 Å². The predicted octanol–water partition coefficient (Wildman–Crippen LogP) is 4.23. The Balaban J connectivity index is 1.36. The van der Waals surface area contributed by atoms with Gasteiger partial charge in [-0.25, -0.2) is 13.4 Å². The van der Waals surface area contributed by atoms with Crippen molar-refractivity contribution in [3.05, 3.63) is 40.9 Å². The summed E-state index contributed by atoms with van der Waals surface area (Å²) in [6.45, 7) is 0. The molecule has 154 valence electrons. The number of thiazole rings is 1. The summed E-state index contributed by atoms with van der Waals surface area (Å²) in [5.41, 5.74) is 1.89. The number of para-hydroxylation sites is 1. The van der Waals surface area contributed by atoms with Crippen LogP contribution in [0.25, 0.3) is 0 Å². The predicted molar refractivity (Wildman–Crippen MR) is 115 cm³/mol. The Morgan fingerprint density at radius 2 is 1.72 bits per heavy atom. The fraction of sp³-hybridized carbons (Fsp3) is 0.524. The van der Waals surface area contributed by atoms with Crippen molar-refractivity contribution >= 4 is 38.1 Å². The molecule has 0 radical (unpaired) electrons. The third-order valence-electron chi connectivity index (χ3n) is 6.77. The Bertz CT molecular complexity index is 1030. The van der Waals surface area contributed by atoms with Crippen LogP contribution in [-0.4, -0.2) is 25.6 Å². The smallest absolute Gasteiger partial charge is 0.259 e. The van der Waals surface area contributed by atoms with E-state index < -0.39 is 10.0 Å². The van der Waals surface area contributed by atoms with E-state index in [-0.39, 0.29) is 22.6 Å². The first kappa shape index (κ1) is 19.1. The first-order valence-electron chi connectivity index (χ1n) is 10.1. The quantitative estimate of drug-likeness (QED) is 0.741. The number of hydrogen-bond acceptors (Lipinski definition) is 5. The summed E-state index contributed by atoms with van der Waals surface area (Å²) in [6, 6.07) is 6.60. The van der Waals surface area contributed by atoms with Gasteiger partial charge in [0.1, 0.15) is 0 Å². The monoisotopic (exact) mass is 431 g/mol. The lowest BCUT2D eigenvalue weighted by Gasteiger charge is -2.56. The molecule has 4 aliphatic rings. The van der Waals surface area contributed by atoms with Crippen molar-refractivity contribution in [1.29, 1.82) is 0 Å². The van der Waals surface area contributed by atoms with Crippen LogP contribution in [0.5, 0.6) is 0 Å². The van der Waals surface area contributed by atoms with Gasteiger partial charge in [0.15, 0.2) is 5.13 Å².